The lowest BCUT2D eigenvalue weighted by Crippen LogP contribution is -2.36. The van der Waals surface area contributed by atoms with Crippen LogP contribution >= 0.6 is 11.6 Å². The molecule has 4 heterocycles. The molecule has 0 bridgehead atoms. The highest BCUT2D eigenvalue weighted by atomic mass is 35.5. The molecule has 1 atom stereocenters. The van der Waals surface area contributed by atoms with Gasteiger partial charge in [-0.2, -0.15) is 23.7 Å². The molecular formula is C26H23ClF3N9O2. The van der Waals surface area contributed by atoms with Crippen LogP contribution in [0.1, 0.15) is 42.6 Å². The summed E-state index contributed by atoms with van der Waals surface area (Å²) < 4.78 is 50.5. The van der Waals surface area contributed by atoms with E-state index in [4.69, 9.17) is 11.6 Å². The molecule has 0 radical (unpaired) electrons. The zero-order chi connectivity index (χ0) is 28.7. The lowest BCUT2D eigenvalue weighted by Gasteiger charge is -2.18. The molecule has 0 amide bonds. The fraction of sp³-hybridized carbons (Fsp3) is 0.308. The number of pyridine rings is 1. The standard InChI is InChI=1S/C26H23ClF3N9O2/c1-36-25(31-14-33-36)17-10-32-37(11-17)20(8-9-41-26(29)30)21-6-4-16(12-39(21)40)23-22(7-5-18(27)24(23)28)38-13-19(34-35-38)15-2-3-15/h4-7,10-15,20,26H,2-3,8-9H2,1H3/t20-/m0/s1. The minimum Gasteiger partial charge on any atom is -0.618 e. The van der Waals surface area contributed by atoms with Crippen LogP contribution in [-0.2, 0) is 11.8 Å². The Morgan fingerprint density at radius 3 is 2.68 bits per heavy atom. The summed E-state index contributed by atoms with van der Waals surface area (Å²) in [5.74, 6) is 0.156. The lowest BCUT2D eigenvalue weighted by molar-refractivity contribution is -0.615. The van der Waals surface area contributed by atoms with Crippen LogP contribution in [0.25, 0.3) is 28.2 Å². The molecule has 0 N–H and O–H groups in total. The fourth-order valence-corrected chi connectivity index (χ4v) is 4.89. The van der Waals surface area contributed by atoms with Gasteiger partial charge in [0, 0.05) is 31.6 Å². The highest BCUT2D eigenvalue weighted by Gasteiger charge is 2.29. The van der Waals surface area contributed by atoms with Crippen molar-refractivity contribution in [2.24, 2.45) is 7.05 Å². The molecule has 0 aliphatic heterocycles. The number of hydrogen-bond acceptors (Lipinski definition) is 7. The van der Waals surface area contributed by atoms with Crippen molar-refractivity contribution in [3.8, 4) is 28.2 Å². The van der Waals surface area contributed by atoms with Gasteiger partial charge in [0.15, 0.2) is 17.8 Å². The van der Waals surface area contributed by atoms with Crippen molar-refractivity contribution in [2.45, 2.75) is 37.8 Å². The third-order valence-corrected chi connectivity index (χ3v) is 7.22. The number of halogens is 4. The summed E-state index contributed by atoms with van der Waals surface area (Å²) in [6, 6.07) is 5.30. The Morgan fingerprint density at radius 1 is 1.15 bits per heavy atom. The predicted octanol–water partition coefficient (Wildman–Crippen LogP) is 4.45. The second kappa shape index (κ2) is 10.9. The molecule has 0 unspecified atom stereocenters. The van der Waals surface area contributed by atoms with Crippen molar-refractivity contribution in [3.63, 3.8) is 0 Å². The first kappa shape index (κ1) is 26.9. The van der Waals surface area contributed by atoms with E-state index in [-0.39, 0.29) is 34.9 Å². The third kappa shape index (κ3) is 5.39. The Bertz CT molecular complexity index is 1700. The van der Waals surface area contributed by atoms with E-state index >= 15 is 4.39 Å². The number of alkyl halides is 2. The average Bonchev–Trinajstić information content (AvgIpc) is 3.29. The molecule has 1 aromatic carbocycles. The molecule has 1 fully saturated rings. The van der Waals surface area contributed by atoms with Gasteiger partial charge in [-0.25, -0.2) is 18.7 Å². The van der Waals surface area contributed by atoms with Crippen molar-refractivity contribution in [2.75, 3.05) is 6.61 Å². The maximum absolute atomic E-state index is 15.5. The monoisotopic (exact) mass is 585 g/mol. The minimum absolute atomic E-state index is 0.00549. The van der Waals surface area contributed by atoms with Crippen LogP contribution in [0.15, 0.2) is 55.4 Å². The summed E-state index contributed by atoms with van der Waals surface area (Å²) in [6.07, 6.45) is 9.58. The van der Waals surface area contributed by atoms with E-state index in [1.165, 1.54) is 40.2 Å². The summed E-state index contributed by atoms with van der Waals surface area (Å²) in [6.45, 7) is -3.31. The Labute approximate surface area is 236 Å². The maximum atomic E-state index is 15.5. The quantitative estimate of drug-likeness (QED) is 0.176. The lowest BCUT2D eigenvalue weighted by atomic mass is 10.0. The van der Waals surface area contributed by atoms with Gasteiger partial charge in [-0.3, -0.25) is 4.68 Å². The molecule has 15 heteroatoms. The molecule has 1 aliphatic carbocycles. The van der Waals surface area contributed by atoms with E-state index in [9.17, 15) is 14.0 Å². The summed E-state index contributed by atoms with van der Waals surface area (Å²) in [5.41, 5.74) is 2.28. The van der Waals surface area contributed by atoms with Crippen LogP contribution in [0.3, 0.4) is 0 Å². The van der Waals surface area contributed by atoms with E-state index in [0.29, 0.717) is 27.7 Å². The van der Waals surface area contributed by atoms with Gasteiger partial charge >= 0.3 is 6.61 Å². The first-order valence-corrected chi connectivity index (χ1v) is 13.1. The van der Waals surface area contributed by atoms with Gasteiger partial charge in [0.05, 0.1) is 52.1 Å². The summed E-state index contributed by atoms with van der Waals surface area (Å²) >= 11 is 6.13. The van der Waals surface area contributed by atoms with Crippen LogP contribution in [0.2, 0.25) is 5.02 Å². The van der Waals surface area contributed by atoms with Gasteiger partial charge in [-0.15, -0.1) is 5.10 Å². The number of benzene rings is 1. The first-order valence-electron chi connectivity index (χ1n) is 12.7. The average molecular weight is 586 g/mol. The largest absolute Gasteiger partial charge is 0.618 e. The van der Waals surface area contributed by atoms with Crippen molar-refractivity contribution in [1.29, 1.82) is 0 Å². The Hall–Kier alpha value is -4.30. The second-order valence-electron chi connectivity index (χ2n) is 9.64. The van der Waals surface area contributed by atoms with Gasteiger partial charge in [0.2, 0.25) is 5.69 Å². The minimum atomic E-state index is -2.97. The fourth-order valence-electron chi connectivity index (χ4n) is 4.73. The summed E-state index contributed by atoms with van der Waals surface area (Å²) in [4.78, 5) is 4.19. The molecule has 212 valence electrons. The second-order valence-corrected chi connectivity index (χ2v) is 10.0. The molecule has 0 saturated heterocycles. The van der Waals surface area contributed by atoms with Crippen molar-refractivity contribution in [3.05, 3.63) is 82.8 Å². The van der Waals surface area contributed by atoms with Crippen LogP contribution < -0.4 is 4.73 Å². The van der Waals surface area contributed by atoms with Gasteiger partial charge in [0.1, 0.15) is 12.4 Å². The molecule has 4 aromatic heterocycles. The zero-order valence-corrected chi connectivity index (χ0v) is 22.4. The zero-order valence-electron chi connectivity index (χ0n) is 21.6. The summed E-state index contributed by atoms with van der Waals surface area (Å²) in [7, 11) is 1.72. The van der Waals surface area contributed by atoms with Gasteiger partial charge in [-0.05, 0) is 31.0 Å². The van der Waals surface area contributed by atoms with Crippen LogP contribution in [0.4, 0.5) is 13.2 Å². The highest BCUT2D eigenvalue weighted by Crippen LogP contribution is 2.40. The molecule has 5 aromatic rings. The topological polar surface area (TPSA) is 115 Å². The molecule has 1 saturated carbocycles. The van der Waals surface area contributed by atoms with Gasteiger partial charge in [0.25, 0.3) is 0 Å². The number of nitrogens with zero attached hydrogens (tertiary/aromatic N) is 9. The van der Waals surface area contributed by atoms with Crippen LogP contribution in [0.5, 0.6) is 0 Å². The molecule has 1 aliphatic rings. The number of aryl methyl sites for hydroxylation is 1. The third-order valence-electron chi connectivity index (χ3n) is 6.93. The van der Waals surface area contributed by atoms with Crippen molar-refractivity contribution >= 4 is 11.6 Å². The van der Waals surface area contributed by atoms with E-state index in [0.717, 1.165) is 18.5 Å². The Morgan fingerprint density at radius 2 is 1.98 bits per heavy atom. The van der Waals surface area contributed by atoms with Crippen molar-refractivity contribution in [1.82, 2.24) is 39.5 Å². The van der Waals surface area contributed by atoms with E-state index < -0.39 is 18.5 Å². The van der Waals surface area contributed by atoms with E-state index in [1.54, 1.807) is 36.3 Å². The smallest absolute Gasteiger partial charge is 0.345 e. The molecule has 11 nitrogen and oxygen atoms in total. The van der Waals surface area contributed by atoms with E-state index in [2.05, 4.69) is 30.2 Å². The molecular weight excluding hydrogens is 563 g/mol. The first-order chi connectivity index (χ1) is 19.8. The van der Waals surface area contributed by atoms with Crippen LogP contribution in [-0.4, -0.2) is 52.8 Å². The molecule has 6 rings (SSSR count). The number of aromatic nitrogens is 9. The SMILES string of the molecule is Cn1ncnc1-c1cnn([C@@H](CCOC(F)F)c2ccc(-c3c(-n4cc(C5CC5)nn4)ccc(Cl)c3F)c[n+]2[O-])c1. The molecule has 0 spiro atoms. The number of rotatable bonds is 10. The number of ether oxygens (including phenoxy) is 1. The normalized spacial score (nSPS) is 14.2. The molecule has 41 heavy (non-hydrogen) atoms. The maximum Gasteiger partial charge on any atom is 0.345 e. The Kier molecular flexibility index (Phi) is 7.17. The summed E-state index contributed by atoms with van der Waals surface area (Å²) in [5, 5.41) is 30.1. The highest BCUT2D eigenvalue weighted by molar-refractivity contribution is 6.31. The van der Waals surface area contributed by atoms with Gasteiger partial charge < -0.3 is 9.94 Å². The van der Waals surface area contributed by atoms with Gasteiger partial charge in [-0.1, -0.05) is 16.8 Å². The van der Waals surface area contributed by atoms with Crippen molar-refractivity contribution < 1.29 is 22.6 Å². The van der Waals surface area contributed by atoms with E-state index in [1.807, 2.05) is 0 Å². The van der Waals surface area contributed by atoms with Crippen LogP contribution in [0, 0.1) is 11.0 Å². The predicted molar refractivity (Wildman–Crippen MR) is 140 cm³/mol. The number of hydrogen-bond donors (Lipinski definition) is 0. The Balaban J connectivity index is 1.38.